The lowest BCUT2D eigenvalue weighted by Gasteiger charge is -2.43. The molecule has 94 valence electrons. The molecule has 0 amide bonds. The summed E-state index contributed by atoms with van der Waals surface area (Å²) in [4.78, 5) is 0. The lowest BCUT2D eigenvalue weighted by Crippen LogP contribution is -2.43. The summed E-state index contributed by atoms with van der Waals surface area (Å²) in [5.74, 6) is 0. The van der Waals surface area contributed by atoms with Crippen molar-refractivity contribution in [1.29, 1.82) is 0 Å². The van der Waals surface area contributed by atoms with Crippen LogP contribution in [-0.2, 0) is 25.8 Å². The van der Waals surface area contributed by atoms with Gasteiger partial charge < -0.3 is 14.0 Å². The molecule has 0 N–H and O–H groups in total. The molecule has 2 rings (SSSR count). The largest absolute Gasteiger partial charge is 0.379 e. The van der Waals surface area contributed by atoms with Crippen molar-refractivity contribution in [3.8, 4) is 0 Å². The molecule has 2 fully saturated rings. The highest BCUT2D eigenvalue weighted by atomic mass is 32.5. The maximum absolute atomic E-state index is 5.77. The minimum Gasteiger partial charge on any atom is -0.379 e. The standard InChI is InChI=1S/C9H19N2O3PS/c1-12-15(16,10-2-6-13-7-3-10)11-4-8-14-9-5-11/h2-9H2,1H3. The minimum absolute atomic E-state index is 0.756. The molecule has 2 heterocycles. The number of ether oxygens (including phenoxy) is 2. The van der Waals surface area contributed by atoms with Gasteiger partial charge >= 0.3 is 0 Å². The van der Waals surface area contributed by atoms with Crippen LogP contribution < -0.4 is 0 Å². The van der Waals surface area contributed by atoms with Crippen LogP contribution in [0.15, 0.2) is 0 Å². The smallest absolute Gasteiger partial charge is 0.203 e. The molecule has 0 aromatic heterocycles. The van der Waals surface area contributed by atoms with Gasteiger partial charge in [0, 0.05) is 33.3 Å². The Balaban J connectivity index is 2.06. The number of rotatable bonds is 3. The van der Waals surface area contributed by atoms with Crippen molar-refractivity contribution in [1.82, 2.24) is 9.34 Å². The van der Waals surface area contributed by atoms with Crippen molar-refractivity contribution in [3.63, 3.8) is 0 Å². The van der Waals surface area contributed by atoms with Crippen molar-refractivity contribution in [2.75, 3.05) is 59.7 Å². The Labute approximate surface area is 102 Å². The topological polar surface area (TPSA) is 34.2 Å². The molecule has 0 saturated carbocycles. The molecule has 7 heteroatoms. The van der Waals surface area contributed by atoms with E-state index in [1.807, 2.05) is 0 Å². The molecule has 2 saturated heterocycles. The van der Waals surface area contributed by atoms with E-state index in [-0.39, 0.29) is 0 Å². The summed E-state index contributed by atoms with van der Waals surface area (Å²) in [6.07, 6.45) is 0. The van der Waals surface area contributed by atoms with E-state index in [4.69, 9.17) is 25.8 Å². The first-order chi connectivity index (χ1) is 7.77. The Morgan fingerprint density at radius 2 is 1.31 bits per heavy atom. The maximum atomic E-state index is 5.77. The van der Waals surface area contributed by atoms with Gasteiger partial charge in [-0.05, 0) is 11.8 Å². The Morgan fingerprint density at radius 3 is 1.62 bits per heavy atom. The second-order valence-corrected chi connectivity index (χ2v) is 7.71. The quantitative estimate of drug-likeness (QED) is 0.693. The highest BCUT2D eigenvalue weighted by Gasteiger charge is 2.34. The summed E-state index contributed by atoms with van der Waals surface area (Å²) >= 11 is 5.77. The average molecular weight is 266 g/mol. The van der Waals surface area contributed by atoms with Crippen molar-refractivity contribution >= 4 is 18.4 Å². The first kappa shape index (κ1) is 12.9. The molecule has 16 heavy (non-hydrogen) atoms. The first-order valence-corrected chi connectivity index (χ1v) is 8.22. The second-order valence-electron chi connectivity index (χ2n) is 3.81. The predicted octanol–water partition coefficient (Wildman–Crippen LogP) is 0.522. The van der Waals surface area contributed by atoms with Gasteiger partial charge in [-0.25, -0.2) is 9.34 Å². The number of hydrogen-bond acceptors (Lipinski definition) is 4. The van der Waals surface area contributed by atoms with E-state index < -0.39 is 6.57 Å². The third-order valence-electron chi connectivity index (χ3n) is 2.93. The van der Waals surface area contributed by atoms with Gasteiger partial charge in [-0.15, -0.1) is 0 Å². The van der Waals surface area contributed by atoms with E-state index >= 15 is 0 Å². The summed E-state index contributed by atoms with van der Waals surface area (Å²) in [6, 6.07) is 0. The van der Waals surface area contributed by atoms with Gasteiger partial charge in [0.1, 0.15) is 0 Å². The zero-order chi connectivity index (χ0) is 11.4. The summed E-state index contributed by atoms with van der Waals surface area (Å²) < 4.78 is 20.9. The summed E-state index contributed by atoms with van der Waals surface area (Å²) in [7, 11) is 1.73. The molecular weight excluding hydrogens is 247 g/mol. The summed E-state index contributed by atoms with van der Waals surface area (Å²) in [6.45, 7) is 4.52. The van der Waals surface area contributed by atoms with Gasteiger partial charge in [0.15, 0.2) is 0 Å². The van der Waals surface area contributed by atoms with Crippen LogP contribution in [0.3, 0.4) is 0 Å². The van der Waals surface area contributed by atoms with E-state index in [2.05, 4.69) is 9.34 Å². The van der Waals surface area contributed by atoms with Crippen LogP contribution in [0.5, 0.6) is 0 Å². The normalized spacial score (nSPS) is 25.8. The molecule has 5 nitrogen and oxygen atoms in total. The van der Waals surface area contributed by atoms with Crippen LogP contribution in [-0.4, -0.2) is 69.1 Å². The van der Waals surface area contributed by atoms with E-state index in [0.717, 1.165) is 52.6 Å². The lowest BCUT2D eigenvalue weighted by molar-refractivity contribution is 0.0492. The second kappa shape index (κ2) is 5.87. The van der Waals surface area contributed by atoms with Crippen LogP contribution in [0.25, 0.3) is 0 Å². The van der Waals surface area contributed by atoms with Crippen LogP contribution in [0.4, 0.5) is 0 Å². The molecule has 2 aliphatic heterocycles. The molecule has 0 aliphatic carbocycles. The van der Waals surface area contributed by atoms with E-state index in [0.29, 0.717) is 0 Å². The van der Waals surface area contributed by atoms with Gasteiger partial charge in [0.05, 0.1) is 26.4 Å². The van der Waals surface area contributed by atoms with Crippen LogP contribution in [0.1, 0.15) is 0 Å². The van der Waals surface area contributed by atoms with Gasteiger partial charge in [-0.2, -0.15) is 0 Å². The SMILES string of the molecule is COP(=S)(N1CCOCC1)N1CCOCC1. The third-order valence-corrected chi connectivity index (χ3v) is 7.47. The lowest BCUT2D eigenvalue weighted by atomic mass is 10.5. The van der Waals surface area contributed by atoms with E-state index in [9.17, 15) is 0 Å². The first-order valence-electron chi connectivity index (χ1n) is 5.59. The highest BCUT2D eigenvalue weighted by Crippen LogP contribution is 2.54. The van der Waals surface area contributed by atoms with Gasteiger partial charge in [-0.3, -0.25) is 0 Å². The molecule has 0 spiro atoms. The molecule has 0 aromatic carbocycles. The third kappa shape index (κ3) is 2.64. The molecule has 0 aromatic rings. The Morgan fingerprint density at radius 1 is 0.938 bits per heavy atom. The Hall–Kier alpha value is 0.450. The highest BCUT2D eigenvalue weighted by molar-refractivity contribution is 8.09. The fourth-order valence-corrected chi connectivity index (χ4v) is 5.16. The van der Waals surface area contributed by atoms with Gasteiger partial charge in [-0.1, -0.05) is 0 Å². The predicted molar refractivity (Wildman–Crippen MR) is 66.1 cm³/mol. The summed E-state index contributed by atoms with van der Waals surface area (Å²) in [5.41, 5.74) is 0. The maximum Gasteiger partial charge on any atom is 0.203 e. The number of morpholine rings is 2. The molecule has 0 bridgehead atoms. The zero-order valence-corrected chi connectivity index (χ0v) is 11.3. The Kier molecular flexibility index (Phi) is 4.73. The van der Waals surface area contributed by atoms with Crippen LogP contribution in [0, 0.1) is 0 Å². The molecular formula is C9H19N2O3PS. The van der Waals surface area contributed by atoms with Crippen molar-refractivity contribution in [2.24, 2.45) is 0 Å². The zero-order valence-electron chi connectivity index (χ0n) is 9.63. The van der Waals surface area contributed by atoms with E-state index in [1.54, 1.807) is 7.11 Å². The number of nitrogens with zero attached hydrogens (tertiary/aromatic N) is 2. The minimum atomic E-state index is -2.01. The average Bonchev–Trinajstić information content (AvgIpc) is 2.40. The summed E-state index contributed by atoms with van der Waals surface area (Å²) in [5, 5.41) is 0. The van der Waals surface area contributed by atoms with Crippen LogP contribution in [0.2, 0.25) is 0 Å². The Bertz CT molecular complexity index is 245. The van der Waals surface area contributed by atoms with Crippen molar-refractivity contribution in [2.45, 2.75) is 0 Å². The molecule has 0 radical (unpaired) electrons. The fourth-order valence-electron chi connectivity index (χ4n) is 2.02. The van der Waals surface area contributed by atoms with E-state index in [1.165, 1.54) is 0 Å². The van der Waals surface area contributed by atoms with Crippen molar-refractivity contribution in [3.05, 3.63) is 0 Å². The molecule has 0 unspecified atom stereocenters. The number of hydrogen-bond donors (Lipinski definition) is 0. The van der Waals surface area contributed by atoms with Gasteiger partial charge in [0.25, 0.3) is 0 Å². The molecule has 2 aliphatic rings. The van der Waals surface area contributed by atoms with Crippen molar-refractivity contribution < 1.29 is 14.0 Å². The fraction of sp³-hybridized carbons (Fsp3) is 1.00. The van der Waals surface area contributed by atoms with Gasteiger partial charge in [0.2, 0.25) is 6.57 Å². The molecule has 0 atom stereocenters. The van der Waals surface area contributed by atoms with Crippen LogP contribution >= 0.6 is 6.57 Å². The monoisotopic (exact) mass is 266 g/mol.